The second-order valence-electron chi connectivity index (χ2n) is 5.65. The topological polar surface area (TPSA) is 58.1 Å². The Morgan fingerprint density at radius 1 is 1.15 bits per heavy atom. The maximum Gasteiger partial charge on any atom is 0.240 e. The van der Waals surface area contributed by atoms with Crippen LogP contribution in [-0.4, -0.2) is 35.1 Å². The lowest BCUT2D eigenvalue weighted by Gasteiger charge is -2.19. The van der Waals surface area contributed by atoms with Crippen molar-refractivity contribution in [1.82, 2.24) is 15.1 Å². The minimum absolute atomic E-state index is 0.0176. The number of rotatable bonds is 6. The highest BCUT2D eigenvalue weighted by Crippen LogP contribution is 2.39. The summed E-state index contributed by atoms with van der Waals surface area (Å²) in [7, 11) is 3.46. The van der Waals surface area contributed by atoms with Gasteiger partial charge in [-0.2, -0.15) is 0 Å². The highest BCUT2D eigenvalue weighted by atomic mass is 32.2. The minimum atomic E-state index is -0.402. The number of nitrogens with zero attached hydrogens (tertiary/aromatic N) is 3. The van der Waals surface area contributed by atoms with Crippen molar-refractivity contribution in [2.75, 3.05) is 19.4 Å². The Morgan fingerprint density at radius 2 is 1.92 bits per heavy atom. The van der Waals surface area contributed by atoms with Gasteiger partial charge >= 0.3 is 0 Å². The van der Waals surface area contributed by atoms with Gasteiger partial charge in [0.2, 0.25) is 11.0 Å². The molecule has 0 saturated carbocycles. The maximum atomic E-state index is 13.3. The summed E-state index contributed by atoms with van der Waals surface area (Å²) in [5, 5.41) is 11.4. The second kappa shape index (κ2) is 8.29. The molecule has 3 aromatic rings. The molecule has 0 spiro atoms. The van der Waals surface area contributed by atoms with Crippen LogP contribution in [0.5, 0.6) is 0 Å². The number of anilines is 2. The third-order valence-electron chi connectivity index (χ3n) is 3.47. The van der Waals surface area contributed by atoms with E-state index in [0.29, 0.717) is 15.2 Å². The first-order chi connectivity index (χ1) is 12.5. The number of halogens is 1. The number of hydrogen-bond acceptors (Lipinski definition) is 6. The van der Waals surface area contributed by atoms with Crippen molar-refractivity contribution < 1.29 is 9.18 Å². The van der Waals surface area contributed by atoms with E-state index >= 15 is 0 Å². The van der Waals surface area contributed by atoms with E-state index in [1.54, 1.807) is 31.1 Å². The zero-order chi connectivity index (χ0) is 18.5. The van der Waals surface area contributed by atoms with Crippen LogP contribution >= 0.6 is 23.1 Å². The lowest BCUT2D eigenvalue weighted by molar-refractivity contribution is -0.128. The first-order valence-electron chi connectivity index (χ1n) is 7.82. The number of hydrogen-bond donors (Lipinski definition) is 1. The van der Waals surface area contributed by atoms with Gasteiger partial charge in [-0.15, -0.1) is 10.2 Å². The van der Waals surface area contributed by atoms with E-state index in [0.717, 1.165) is 5.56 Å². The molecule has 0 radical (unpaired) electrons. The van der Waals surface area contributed by atoms with E-state index < -0.39 is 5.25 Å². The lowest BCUT2D eigenvalue weighted by Crippen LogP contribution is -2.26. The number of benzene rings is 2. The van der Waals surface area contributed by atoms with Crippen LogP contribution in [0.4, 0.5) is 15.2 Å². The van der Waals surface area contributed by atoms with Gasteiger partial charge in [-0.1, -0.05) is 59.5 Å². The third kappa shape index (κ3) is 4.59. The molecule has 26 heavy (non-hydrogen) atoms. The fourth-order valence-corrected chi connectivity index (χ4v) is 4.33. The van der Waals surface area contributed by atoms with E-state index in [2.05, 4.69) is 15.5 Å². The molecule has 0 aliphatic carbocycles. The van der Waals surface area contributed by atoms with Crippen molar-refractivity contribution in [1.29, 1.82) is 0 Å². The normalized spacial score (nSPS) is 11.8. The predicted molar refractivity (Wildman–Crippen MR) is 103 cm³/mol. The van der Waals surface area contributed by atoms with Gasteiger partial charge in [0.05, 0.1) is 0 Å². The molecule has 134 valence electrons. The number of thioether (sulfide) groups is 1. The maximum absolute atomic E-state index is 13.3. The van der Waals surface area contributed by atoms with E-state index in [9.17, 15) is 9.18 Å². The van der Waals surface area contributed by atoms with Gasteiger partial charge in [0.15, 0.2) is 4.34 Å². The van der Waals surface area contributed by atoms with Crippen molar-refractivity contribution >= 4 is 39.8 Å². The standard InChI is InChI=1S/C18H17FN4OS2/c1-23(2)16(24)15(12-7-4-3-5-8-12)25-18-22-21-17(26-18)20-14-10-6-9-13(19)11-14/h3-11,15H,1-2H3,(H,20,21). The molecule has 1 amide bonds. The molecule has 3 rings (SSSR count). The van der Waals surface area contributed by atoms with Crippen LogP contribution in [0.2, 0.25) is 0 Å². The molecule has 1 unspecified atom stereocenters. The molecule has 0 bridgehead atoms. The molecule has 0 aliphatic heterocycles. The first kappa shape index (κ1) is 18.3. The molecule has 1 aromatic heterocycles. The minimum Gasteiger partial charge on any atom is -0.348 e. The van der Waals surface area contributed by atoms with Crippen molar-refractivity contribution in [2.24, 2.45) is 0 Å². The van der Waals surface area contributed by atoms with Crippen molar-refractivity contribution in [3.8, 4) is 0 Å². The van der Waals surface area contributed by atoms with Gasteiger partial charge in [-0.25, -0.2) is 4.39 Å². The second-order valence-corrected chi connectivity index (χ2v) is 7.98. The number of amides is 1. The van der Waals surface area contributed by atoms with Crippen LogP contribution in [0, 0.1) is 5.82 Å². The first-order valence-corrected chi connectivity index (χ1v) is 9.51. The summed E-state index contributed by atoms with van der Waals surface area (Å²) in [6.07, 6.45) is 0. The lowest BCUT2D eigenvalue weighted by atomic mass is 10.1. The van der Waals surface area contributed by atoms with Gasteiger partial charge in [0.1, 0.15) is 11.1 Å². The van der Waals surface area contributed by atoms with Crippen LogP contribution in [0.15, 0.2) is 58.9 Å². The highest BCUT2D eigenvalue weighted by Gasteiger charge is 2.25. The summed E-state index contributed by atoms with van der Waals surface area (Å²) >= 11 is 2.67. The van der Waals surface area contributed by atoms with Crippen molar-refractivity contribution in [3.63, 3.8) is 0 Å². The molecule has 2 aromatic carbocycles. The van der Waals surface area contributed by atoms with Crippen molar-refractivity contribution in [3.05, 3.63) is 66.0 Å². The van der Waals surface area contributed by atoms with E-state index in [1.807, 2.05) is 30.3 Å². The average Bonchev–Trinajstić information content (AvgIpc) is 3.07. The Balaban J connectivity index is 1.77. The summed E-state index contributed by atoms with van der Waals surface area (Å²) in [4.78, 5) is 14.2. The largest absolute Gasteiger partial charge is 0.348 e. The van der Waals surface area contributed by atoms with Crippen LogP contribution in [0.1, 0.15) is 10.8 Å². The predicted octanol–water partition coefficient (Wildman–Crippen LogP) is 4.34. The number of carbonyl (C=O) groups is 1. The zero-order valence-corrected chi connectivity index (χ0v) is 15.9. The summed E-state index contributed by atoms with van der Waals surface area (Å²) in [6, 6.07) is 15.7. The Morgan fingerprint density at radius 3 is 2.62 bits per heavy atom. The monoisotopic (exact) mass is 388 g/mol. The molecule has 8 heteroatoms. The van der Waals surface area contributed by atoms with Crippen LogP contribution in [0.25, 0.3) is 0 Å². The Hall–Kier alpha value is -2.45. The summed E-state index contributed by atoms with van der Waals surface area (Å²) < 4.78 is 13.9. The van der Waals surface area contributed by atoms with Gasteiger partial charge in [-0.3, -0.25) is 4.79 Å². The Labute approximate surface area is 159 Å². The number of nitrogens with one attached hydrogen (secondary N) is 1. The van der Waals surface area contributed by atoms with Crippen LogP contribution < -0.4 is 5.32 Å². The quantitative estimate of drug-likeness (QED) is 0.637. The third-order valence-corrected chi connectivity index (χ3v) is 5.63. The zero-order valence-electron chi connectivity index (χ0n) is 14.2. The van der Waals surface area contributed by atoms with E-state index in [1.165, 1.54) is 35.2 Å². The molecule has 0 saturated heterocycles. The molecule has 5 nitrogen and oxygen atoms in total. The van der Waals surface area contributed by atoms with E-state index in [-0.39, 0.29) is 11.7 Å². The SMILES string of the molecule is CN(C)C(=O)C(Sc1nnc(Nc2cccc(F)c2)s1)c1ccccc1. The van der Waals surface area contributed by atoms with Gasteiger partial charge in [-0.05, 0) is 23.8 Å². The number of carbonyl (C=O) groups excluding carboxylic acids is 1. The average molecular weight is 388 g/mol. The number of likely N-dealkylation sites (N-methyl/N-ethyl adjacent to an activating group) is 1. The van der Waals surface area contributed by atoms with Crippen LogP contribution in [0.3, 0.4) is 0 Å². The number of aromatic nitrogens is 2. The molecular weight excluding hydrogens is 371 g/mol. The molecule has 1 atom stereocenters. The van der Waals surface area contributed by atoms with E-state index in [4.69, 9.17) is 0 Å². The van der Waals surface area contributed by atoms with Gasteiger partial charge in [0, 0.05) is 19.8 Å². The highest BCUT2D eigenvalue weighted by molar-refractivity contribution is 8.01. The summed E-state index contributed by atoms with van der Waals surface area (Å²) in [6.45, 7) is 0. The fraction of sp³-hybridized carbons (Fsp3) is 0.167. The molecular formula is C18H17FN4OS2. The molecule has 1 N–H and O–H groups in total. The molecule has 0 fully saturated rings. The molecule has 1 heterocycles. The Bertz CT molecular complexity index is 886. The van der Waals surface area contributed by atoms with Crippen LogP contribution in [-0.2, 0) is 4.79 Å². The summed E-state index contributed by atoms with van der Waals surface area (Å²) in [5.74, 6) is -0.342. The smallest absolute Gasteiger partial charge is 0.240 e. The summed E-state index contributed by atoms with van der Waals surface area (Å²) in [5.41, 5.74) is 1.51. The fourth-order valence-electron chi connectivity index (χ4n) is 2.22. The van der Waals surface area contributed by atoms with Gasteiger partial charge in [0.25, 0.3) is 0 Å². The Kier molecular flexibility index (Phi) is 5.85. The van der Waals surface area contributed by atoms with Crippen molar-refractivity contribution in [2.45, 2.75) is 9.59 Å². The van der Waals surface area contributed by atoms with Gasteiger partial charge < -0.3 is 10.2 Å². The molecule has 0 aliphatic rings.